The number of ether oxygens (including phenoxy) is 1. The zero-order valence-corrected chi connectivity index (χ0v) is 11.7. The van der Waals surface area contributed by atoms with Gasteiger partial charge in [0.2, 0.25) is 0 Å². The SMILES string of the molecule is CNCCN(C)Cc1cc(Br)c(OC)s1. The molecule has 0 unspecified atom stereocenters. The van der Waals surface area contributed by atoms with Gasteiger partial charge in [0.1, 0.15) is 0 Å². The van der Waals surface area contributed by atoms with Crippen LogP contribution in [0.3, 0.4) is 0 Å². The minimum atomic E-state index is 0.951. The molecule has 0 atom stereocenters. The molecule has 15 heavy (non-hydrogen) atoms. The largest absolute Gasteiger partial charge is 0.486 e. The zero-order chi connectivity index (χ0) is 11.3. The zero-order valence-electron chi connectivity index (χ0n) is 9.34. The van der Waals surface area contributed by atoms with Gasteiger partial charge in [0, 0.05) is 24.5 Å². The summed E-state index contributed by atoms with van der Waals surface area (Å²) in [6, 6.07) is 2.12. The van der Waals surface area contributed by atoms with E-state index in [1.807, 2.05) is 7.05 Å². The number of rotatable bonds is 6. The van der Waals surface area contributed by atoms with E-state index < -0.39 is 0 Å². The minimum Gasteiger partial charge on any atom is -0.486 e. The molecule has 86 valence electrons. The van der Waals surface area contributed by atoms with Crippen molar-refractivity contribution in [2.75, 3.05) is 34.3 Å². The molecule has 1 N–H and O–H groups in total. The molecule has 1 heterocycles. The smallest absolute Gasteiger partial charge is 0.188 e. The summed E-state index contributed by atoms with van der Waals surface area (Å²) in [6.07, 6.45) is 0. The van der Waals surface area contributed by atoms with Gasteiger partial charge in [-0.2, -0.15) is 0 Å². The van der Waals surface area contributed by atoms with Crippen molar-refractivity contribution in [3.8, 4) is 5.06 Å². The van der Waals surface area contributed by atoms with Gasteiger partial charge in [-0.1, -0.05) is 0 Å². The molecule has 0 fully saturated rings. The third-order valence-corrected chi connectivity index (χ3v) is 3.99. The van der Waals surface area contributed by atoms with Crippen molar-refractivity contribution < 1.29 is 4.74 Å². The lowest BCUT2D eigenvalue weighted by Crippen LogP contribution is -2.26. The highest BCUT2D eigenvalue weighted by atomic mass is 79.9. The van der Waals surface area contributed by atoms with E-state index in [-0.39, 0.29) is 0 Å². The number of nitrogens with zero attached hydrogens (tertiary/aromatic N) is 1. The van der Waals surface area contributed by atoms with Gasteiger partial charge in [0.15, 0.2) is 5.06 Å². The molecule has 0 aliphatic carbocycles. The predicted molar refractivity (Wildman–Crippen MR) is 68.8 cm³/mol. The van der Waals surface area contributed by atoms with Crippen LogP contribution in [0.25, 0.3) is 0 Å². The summed E-state index contributed by atoms with van der Waals surface area (Å²) >= 11 is 5.16. The van der Waals surface area contributed by atoms with Crippen LogP contribution in [0.4, 0.5) is 0 Å². The molecule has 0 amide bonds. The molecule has 3 nitrogen and oxygen atoms in total. The quantitative estimate of drug-likeness (QED) is 0.870. The highest BCUT2D eigenvalue weighted by molar-refractivity contribution is 9.10. The second kappa shape index (κ2) is 6.48. The number of halogens is 1. The fraction of sp³-hybridized carbons (Fsp3) is 0.600. The molecule has 0 radical (unpaired) electrons. The van der Waals surface area contributed by atoms with E-state index in [4.69, 9.17) is 4.74 Å². The first-order valence-corrected chi connectivity index (χ1v) is 6.43. The Morgan fingerprint density at radius 2 is 2.33 bits per heavy atom. The normalized spacial score (nSPS) is 11.0. The van der Waals surface area contributed by atoms with Crippen LogP contribution in [-0.4, -0.2) is 39.2 Å². The van der Waals surface area contributed by atoms with E-state index in [1.54, 1.807) is 18.4 Å². The van der Waals surface area contributed by atoms with Crippen LogP contribution in [0.2, 0.25) is 0 Å². The number of nitrogens with one attached hydrogen (secondary N) is 1. The summed E-state index contributed by atoms with van der Waals surface area (Å²) in [5.41, 5.74) is 0. The summed E-state index contributed by atoms with van der Waals surface area (Å²) < 4.78 is 6.28. The van der Waals surface area contributed by atoms with E-state index in [1.165, 1.54) is 4.88 Å². The Bertz CT molecular complexity index is 304. The fourth-order valence-electron chi connectivity index (χ4n) is 1.26. The van der Waals surface area contributed by atoms with Crippen molar-refractivity contribution in [3.63, 3.8) is 0 Å². The van der Waals surface area contributed by atoms with Crippen LogP contribution < -0.4 is 10.1 Å². The number of likely N-dealkylation sites (N-methyl/N-ethyl adjacent to an activating group) is 2. The van der Waals surface area contributed by atoms with Gasteiger partial charge < -0.3 is 15.0 Å². The average Bonchev–Trinajstić information content (AvgIpc) is 2.55. The summed E-state index contributed by atoms with van der Waals surface area (Å²) in [7, 11) is 5.79. The van der Waals surface area contributed by atoms with Crippen molar-refractivity contribution in [1.29, 1.82) is 0 Å². The summed E-state index contributed by atoms with van der Waals surface area (Å²) in [5.74, 6) is 0. The van der Waals surface area contributed by atoms with Crippen molar-refractivity contribution in [3.05, 3.63) is 15.4 Å². The monoisotopic (exact) mass is 292 g/mol. The van der Waals surface area contributed by atoms with Gasteiger partial charge in [0.05, 0.1) is 11.6 Å². The Morgan fingerprint density at radius 1 is 1.60 bits per heavy atom. The first kappa shape index (κ1) is 13.0. The lowest BCUT2D eigenvalue weighted by atomic mass is 10.4. The molecule has 0 aromatic carbocycles. The van der Waals surface area contributed by atoms with Crippen LogP contribution in [0.1, 0.15) is 4.88 Å². The highest BCUT2D eigenvalue weighted by Gasteiger charge is 2.08. The molecule has 5 heteroatoms. The van der Waals surface area contributed by atoms with Gasteiger partial charge in [-0.15, -0.1) is 11.3 Å². The molecule has 1 aromatic rings. The van der Waals surface area contributed by atoms with E-state index >= 15 is 0 Å². The minimum absolute atomic E-state index is 0.951. The number of thiophene rings is 1. The maximum absolute atomic E-state index is 5.23. The van der Waals surface area contributed by atoms with Crippen molar-refractivity contribution >= 4 is 27.3 Å². The Kier molecular flexibility index (Phi) is 5.60. The average molecular weight is 293 g/mol. The Balaban J connectivity index is 2.49. The predicted octanol–water partition coefficient (Wildman–Crippen LogP) is 2.17. The van der Waals surface area contributed by atoms with Crippen molar-refractivity contribution in [2.24, 2.45) is 0 Å². The van der Waals surface area contributed by atoms with E-state index in [2.05, 4.69) is 39.3 Å². The van der Waals surface area contributed by atoms with Gasteiger partial charge in [-0.3, -0.25) is 0 Å². The maximum atomic E-state index is 5.23. The molecule has 0 bridgehead atoms. The molecular formula is C10H17BrN2OS. The maximum Gasteiger partial charge on any atom is 0.188 e. The van der Waals surface area contributed by atoms with Crippen LogP contribution in [0, 0.1) is 0 Å². The molecular weight excluding hydrogens is 276 g/mol. The summed E-state index contributed by atoms with van der Waals surface area (Å²) in [4.78, 5) is 3.60. The molecule has 1 rings (SSSR count). The molecule has 0 aliphatic heterocycles. The Morgan fingerprint density at radius 3 is 2.87 bits per heavy atom. The van der Waals surface area contributed by atoms with Crippen LogP contribution >= 0.6 is 27.3 Å². The highest BCUT2D eigenvalue weighted by Crippen LogP contribution is 2.34. The van der Waals surface area contributed by atoms with Crippen LogP contribution in [0.15, 0.2) is 10.5 Å². The Labute approximate surface area is 104 Å². The van der Waals surface area contributed by atoms with Gasteiger partial charge >= 0.3 is 0 Å². The lowest BCUT2D eigenvalue weighted by molar-refractivity contribution is 0.331. The van der Waals surface area contributed by atoms with E-state index in [0.29, 0.717) is 0 Å². The number of hydrogen-bond acceptors (Lipinski definition) is 4. The van der Waals surface area contributed by atoms with Crippen LogP contribution in [-0.2, 0) is 6.54 Å². The topological polar surface area (TPSA) is 24.5 Å². The first-order chi connectivity index (χ1) is 7.17. The first-order valence-electron chi connectivity index (χ1n) is 4.82. The second-order valence-electron chi connectivity index (χ2n) is 3.39. The van der Waals surface area contributed by atoms with E-state index in [0.717, 1.165) is 29.2 Å². The molecule has 1 aromatic heterocycles. The Hall–Kier alpha value is -0.100. The second-order valence-corrected chi connectivity index (χ2v) is 5.35. The molecule has 0 saturated heterocycles. The van der Waals surface area contributed by atoms with Gasteiger partial charge in [-0.25, -0.2) is 0 Å². The van der Waals surface area contributed by atoms with Gasteiger partial charge in [0.25, 0.3) is 0 Å². The summed E-state index contributed by atoms with van der Waals surface area (Å²) in [6.45, 7) is 3.03. The molecule has 0 spiro atoms. The van der Waals surface area contributed by atoms with Crippen molar-refractivity contribution in [1.82, 2.24) is 10.2 Å². The van der Waals surface area contributed by atoms with Crippen LogP contribution in [0.5, 0.6) is 5.06 Å². The third kappa shape index (κ3) is 4.10. The fourth-order valence-corrected chi connectivity index (χ4v) is 3.03. The van der Waals surface area contributed by atoms with Gasteiger partial charge in [-0.05, 0) is 36.1 Å². The van der Waals surface area contributed by atoms with Crippen molar-refractivity contribution in [2.45, 2.75) is 6.54 Å². The standard InChI is InChI=1S/C10H17BrN2OS/c1-12-4-5-13(2)7-8-6-9(11)10(14-3)15-8/h6,12H,4-5,7H2,1-3H3. The molecule has 0 aliphatic rings. The number of methoxy groups -OCH3 is 1. The number of hydrogen-bond donors (Lipinski definition) is 1. The lowest BCUT2D eigenvalue weighted by Gasteiger charge is -2.14. The third-order valence-electron chi connectivity index (χ3n) is 2.06. The molecule has 0 saturated carbocycles. The summed E-state index contributed by atoms with van der Waals surface area (Å²) in [5, 5.41) is 4.09. The van der Waals surface area contributed by atoms with E-state index in [9.17, 15) is 0 Å².